The highest BCUT2D eigenvalue weighted by Gasteiger charge is 2.13. The van der Waals surface area contributed by atoms with Crippen molar-refractivity contribution in [2.45, 2.75) is 26.3 Å². The number of alkyl halides is 1. The van der Waals surface area contributed by atoms with E-state index in [1.165, 1.54) is 0 Å². The molecule has 0 aliphatic rings. The van der Waals surface area contributed by atoms with Gasteiger partial charge >= 0.3 is 0 Å². The Labute approximate surface area is 110 Å². The van der Waals surface area contributed by atoms with Crippen LogP contribution in [0.4, 0.5) is 0 Å². The Kier molecular flexibility index (Phi) is 3.69. The lowest BCUT2D eigenvalue weighted by molar-refractivity contribution is 0.730. The Hall–Kier alpha value is -1.06. The third kappa shape index (κ3) is 2.31. The summed E-state index contributed by atoms with van der Waals surface area (Å²) >= 11 is 11.9. The highest BCUT2D eigenvalue weighted by atomic mass is 35.5. The summed E-state index contributed by atoms with van der Waals surface area (Å²) in [5.74, 6) is 1.96. The minimum Gasteiger partial charge on any atom is -0.310 e. The second-order valence-electron chi connectivity index (χ2n) is 3.78. The van der Waals surface area contributed by atoms with Gasteiger partial charge in [0.25, 0.3) is 0 Å². The number of aromatic nitrogens is 3. The van der Waals surface area contributed by atoms with E-state index in [0.717, 1.165) is 29.3 Å². The fourth-order valence-corrected chi connectivity index (χ4v) is 2.17. The summed E-state index contributed by atoms with van der Waals surface area (Å²) in [5, 5.41) is 8.99. The van der Waals surface area contributed by atoms with Crippen LogP contribution in [0.2, 0.25) is 5.02 Å². The molecule has 0 saturated carbocycles. The van der Waals surface area contributed by atoms with E-state index in [2.05, 4.69) is 10.2 Å². The molecule has 3 nitrogen and oxygen atoms in total. The van der Waals surface area contributed by atoms with Gasteiger partial charge in [-0.3, -0.25) is 0 Å². The largest absolute Gasteiger partial charge is 0.310 e. The molecule has 0 unspecified atom stereocenters. The zero-order valence-electron chi connectivity index (χ0n) is 9.74. The van der Waals surface area contributed by atoms with E-state index in [1.807, 2.05) is 36.6 Å². The summed E-state index contributed by atoms with van der Waals surface area (Å²) in [6, 6.07) is 5.76. The summed E-state index contributed by atoms with van der Waals surface area (Å²) in [6.45, 7) is 4.86. The van der Waals surface area contributed by atoms with Crippen LogP contribution in [0.3, 0.4) is 0 Å². The molecule has 2 aromatic rings. The van der Waals surface area contributed by atoms with Crippen molar-refractivity contribution in [1.29, 1.82) is 0 Å². The third-order valence-electron chi connectivity index (χ3n) is 2.70. The molecule has 1 aromatic heterocycles. The van der Waals surface area contributed by atoms with Crippen molar-refractivity contribution >= 4 is 23.2 Å². The van der Waals surface area contributed by atoms with Gasteiger partial charge in [0.15, 0.2) is 5.82 Å². The highest BCUT2D eigenvalue weighted by Crippen LogP contribution is 2.26. The van der Waals surface area contributed by atoms with Crippen LogP contribution in [0, 0.1) is 6.92 Å². The topological polar surface area (TPSA) is 30.7 Å². The predicted octanol–water partition coefficient (Wildman–Crippen LogP) is 3.67. The summed E-state index contributed by atoms with van der Waals surface area (Å²) in [7, 11) is 0. The first-order valence-electron chi connectivity index (χ1n) is 5.42. The average molecular weight is 270 g/mol. The van der Waals surface area contributed by atoms with E-state index < -0.39 is 0 Å². The molecule has 0 bridgehead atoms. The molecular formula is C12H13Cl2N3. The molecule has 90 valence electrons. The molecule has 0 amide bonds. The minimum absolute atomic E-state index is 0.362. The summed E-state index contributed by atoms with van der Waals surface area (Å²) < 4.78 is 2.01. The number of hydrogen-bond acceptors (Lipinski definition) is 2. The molecule has 2 rings (SSSR count). The van der Waals surface area contributed by atoms with E-state index in [-0.39, 0.29) is 0 Å². The van der Waals surface area contributed by atoms with Gasteiger partial charge in [0.2, 0.25) is 0 Å². The van der Waals surface area contributed by atoms with Gasteiger partial charge in [0, 0.05) is 17.1 Å². The second-order valence-corrected chi connectivity index (χ2v) is 4.48. The molecular weight excluding hydrogens is 257 g/mol. The first-order chi connectivity index (χ1) is 8.17. The van der Waals surface area contributed by atoms with Gasteiger partial charge in [-0.25, -0.2) is 0 Å². The second kappa shape index (κ2) is 5.07. The van der Waals surface area contributed by atoms with E-state index in [1.54, 1.807) is 0 Å². The van der Waals surface area contributed by atoms with Crippen LogP contribution in [0.5, 0.6) is 0 Å². The quantitative estimate of drug-likeness (QED) is 0.797. The summed E-state index contributed by atoms with van der Waals surface area (Å²) in [4.78, 5) is 0. The number of aryl methyl sites for hydroxylation is 1. The molecule has 0 atom stereocenters. The maximum absolute atomic E-state index is 6.02. The summed E-state index contributed by atoms with van der Waals surface area (Å²) in [5.41, 5.74) is 2.13. The molecule has 1 aromatic carbocycles. The zero-order valence-corrected chi connectivity index (χ0v) is 11.3. The first kappa shape index (κ1) is 12.4. The SMILES string of the molecule is CCn1c(CCl)nnc1-c1cc(Cl)ccc1C. The number of halogens is 2. The van der Waals surface area contributed by atoms with Crippen LogP contribution in [-0.2, 0) is 12.4 Å². The fourth-order valence-electron chi connectivity index (χ4n) is 1.80. The van der Waals surface area contributed by atoms with E-state index in [0.29, 0.717) is 10.9 Å². The van der Waals surface area contributed by atoms with Crippen LogP contribution < -0.4 is 0 Å². The molecule has 1 heterocycles. The predicted molar refractivity (Wildman–Crippen MR) is 70.4 cm³/mol. The number of rotatable bonds is 3. The number of hydrogen-bond donors (Lipinski definition) is 0. The molecule has 0 aliphatic carbocycles. The van der Waals surface area contributed by atoms with E-state index in [9.17, 15) is 0 Å². The van der Waals surface area contributed by atoms with E-state index >= 15 is 0 Å². The zero-order chi connectivity index (χ0) is 12.4. The molecule has 0 fully saturated rings. The number of benzene rings is 1. The van der Waals surface area contributed by atoms with Crippen molar-refractivity contribution < 1.29 is 0 Å². The molecule has 0 aliphatic heterocycles. The van der Waals surface area contributed by atoms with Crippen LogP contribution in [0.1, 0.15) is 18.3 Å². The lowest BCUT2D eigenvalue weighted by Gasteiger charge is -2.08. The average Bonchev–Trinajstić information content (AvgIpc) is 2.74. The Morgan fingerprint density at radius 1 is 1.29 bits per heavy atom. The molecule has 0 saturated heterocycles. The van der Waals surface area contributed by atoms with Gasteiger partial charge < -0.3 is 4.57 Å². The van der Waals surface area contributed by atoms with Gasteiger partial charge in [-0.1, -0.05) is 17.7 Å². The normalized spacial score (nSPS) is 10.8. The van der Waals surface area contributed by atoms with Crippen LogP contribution >= 0.6 is 23.2 Å². The minimum atomic E-state index is 0.362. The molecule has 17 heavy (non-hydrogen) atoms. The van der Waals surface area contributed by atoms with Gasteiger partial charge in [-0.2, -0.15) is 0 Å². The molecule has 0 spiro atoms. The van der Waals surface area contributed by atoms with Crippen molar-refractivity contribution in [3.63, 3.8) is 0 Å². The lowest BCUT2D eigenvalue weighted by Crippen LogP contribution is -2.02. The maximum atomic E-state index is 6.02. The standard InChI is InChI=1S/C12H13Cl2N3/c1-3-17-11(7-13)15-16-12(17)10-6-9(14)5-4-8(10)2/h4-6H,3,7H2,1-2H3. The van der Waals surface area contributed by atoms with Crippen molar-refractivity contribution in [2.75, 3.05) is 0 Å². The van der Waals surface area contributed by atoms with Crippen molar-refractivity contribution in [2.24, 2.45) is 0 Å². The van der Waals surface area contributed by atoms with Gasteiger partial charge in [-0.05, 0) is 31.5 Å². The van der Waals surface area contributed by atoms with Gasteiger partial charge in [0.1, 0.15) is 5.82 Å². The maximum Gasteiger partial charge on any atom is 0.164 e. The van der Waals surface area contributed by atoms with Crippen molar-refractivity contribution in [1.82, 2.24) is 14.8 Å². The smallest absolute Gasteiger partial charge is 0.164 e. The van der Waals surface area contributed by atoms with Crippen LogP contribution in [0.25, 0.3) is 11.4 Å². The van der Waals surface area contributed by atoms with Gasteiger partial charge in [0.05, 0.1) is 5.88 Å². The number of nitrogens with zero attached hydrogens (tertiary/aromatic N) is 3. The highest BCUT2D eigenvalue weighted by molar-refractivity contribution is 6.30. The lowest BCUT2D eigenvalue weighted by atomic mass is 10.1. The Balaban J connectivity index is 2.59. The van der Waals surface area contributed by atoms with E-state index in [4.69, 9.17) is 23.2 Å². The van der Waals surface area contributed by atoms with Crippen LogP contribution in [0.15, 0.2) is 18.2 Å². The molecule has 5 heteroatoms. The summed E-state index contributed by atoms with van der Waals surface area (Å²) in [6.07, 6.45) is 0. The van der Waals surface area contributed by atoms with Crippen molar-refractivity contribution in [3.8, 4) is 11.4 Å². The molecule has 0 radical (unpaired) electrons. The monoisotopic (exact) mass is 269 g/mol. The van der Waals surface area contributed by atoms with Crippen molar-refractivity contribution in [3.05, 3.63) is 34.6 Å². The Bertz CT molecular complexity index is 535. The fraction of sp³-hybridized carbons (Fsp3) is 0.333. The Morgan fingerprint density at radius 3 is 2.71 bits per heavy atom. The van der Waals surface area contributed by atoms with Gasteiger partial charge in [-0.15, -0.1) is 21.8 Å². The molecule has 0 N–H and O–H groups in total. The van der Waals surface area contributed by atoms with Crippen LogP contribution in [-0.4, -0.2) is 14.8 Å². The third-order valence-corrected chi connectivity index (χ3v) is 3.18. The first-order valence-corrected chi connectivity index (χ1v) is 6.33. The Morgan fingerprint density at radius 2 is 2.06 bits per heavy atom.